The zero-order valence-electron chi connectivity index (χ0n) is 14.4. The number of amides is 1. The maximum atomic E-state index is 11.9. The van der Waals surface area contributed by atoms with E-state index in [9.17, 15) is 9.59 Å². The molecule has 0 saturated heterocycles. The summed E-state index contributed by atoms with van der Waals surface area (Å²) in [6.07, 6.45) is 3.14. The molecule has 0 unspecified atom stereocenters. The van der Waals surface area contributed by atoms with E-state index >= 15 is 0 Å². The topological polar surface area (TPSA) is 81.2 Å². The minimum Gasteiger partial charge on any atom is -0.462 e. The number of aromatic nitrogens is 2. The van der Waals surface area contributed by atoms with E-state index in [1.54, 1.807) is 11.8 Å². The molecule has 0 spiro atoms. The summed E-state index contributed by atoms with van der Waals surface area (Å²) in [5, 5.41) is 11.0. The van der Waals surface area contributed by atoms with Crippen molar-refractivity contribution < 1.29 is 14.3 Å². The molecule has 6 nitrogen and oxygen atoms in total. The predicted octanol–water partition coefficient (Wildman–Crippen LogP) is 3.74. The highest BCUT2D eigenvalue weighted by Gasteiger charge is 2.27. The van der Waals surface area contributed by atoms with E-state index in [-0.39, 0.29) is 30.8 Å². The van der Waals surface area contributed by atoms with E-state index in [4.69, 9.17) is 4.74 Å². The third-order valence-corrected chi connectivity index (χ3v) is 6.18. The lowest BCUT2D eigenvalue weighted by atomic mass is 9.80. The Kier molecular flexibility index (Phi) is 7.48. The average molecular weight is 372 g/mol. The molecule has 1 aromatic heterocycles. The second-order valence-corrected chi connectivity index (χ2v) is 8.72. The Labute approximate surface area is 151 Å². The Morgan fingerprint density at radius 3 is 2.75 bits per heavy atom. The molecule has 0 aliphatic heterocycles. The molecule has 1 N–H and O–H groups in total. The Hall–Kier alpha value is -1.15. The molecule has 24 heavy (non-hydrogen) atoms. The molecule has 1 saturated carbocycles. The van der Waals surface area contributed by atoms with Crippen molar-refractivity contribution in [2.75, 3.05) is 11.1 Å². The van der Waals surface area contributed by atoms with Crippen LogP contribution in [0.3, 0.4) is 0 Å². The van der Waals surface area contributed by atoms with Crippen molar-refractivity contribution in [2.45, 2.75) is 63.3 Å². The van der Waals surface area contributed by atoms with Gasteiger partial charge in [-0.1, -0.05) is 43.9 Å². The second kappa shape index (κ2) is 9.36. The molecule has 1 heterocycles. The molecular weight excluding hydrogens is 346 g/mol. The van der Waals surface area contributed by atoms with Gasteiger partial charge in [0.2, 0.25) is 11.0 Å². The third-order valence-electron chi connectivity index (χ3n) is 4.32. The lowest BCUT2D eigenvalue weighted by molar-refractivity contribution is -0.152. The van der Waals surface area contributed by atoms with Crippen molar-refractivity contribution in [3.8, 4) is 0 Å². The summed E-state index contributed by atoms with van der Waals surface area (Å²) in [4.78, 5) is 23.8. The average Bonchev–Trinajstić information content (AvgIpc) is 2.96. The van der Waals surface area contributed by atoms with E-state index in [1.807, 2.05) is 6.92 Å². The predicted molar refractivity (Wildman–Crippen MR) is 96.2 cm³/mol. The highest BCUT2D eigenvalue weighted by Crippen LogP contribution is 2.31. The molecule has 8 heteroatoms. The van der Waals surface area contributed by atoms with E-state index in [0.29, 0.717) is 17.0 Å². The Morgan fingerprint density at radius 1 is 1.25 bits per heavy atom. The van der Waals surface area contributed by atoms with Crippen LogP contribution in [0.5, 0.6) is 0 Å². The number of anilines is 1. The maximum Gasteiger partial charge on any atom is 0.306 e. The molecule has 1 amide bonds. The number of nitrogens with one attached hydrogen (secondary N) is 1. The van der Waals surface area contributed by atoms with Crippen LogP contribution in [0.1, 0.15) is 52.9 Å². The van der Waals surface area contributed by atoms with Gasteiger partial charge in [0.1, 0.15) is 6.10 Å². The van der Waals surface area contributed by atoms with Crippen LogP contribution in [0.15, 0.2) is 4.34 Å². The zero-order valence-corrected chi connectivity index (χ0v) is 16.0. The number of nitrogens with zero attached hydrogens (tertiary/aromatic N) is 2. The van der Waals surface area contributed by atoms with Gasteiger partial charge in [0, 0.05) is 6.42 Å². The number of rotatable bonds is 7. The van der Waals surface area contributed by atoms with Crippen molar-refractivity contribution in [3.05, 3.63) is 0 Å². The van der Waals surface area contributed by atoms with Crippen LogP contribution in [-0.2, 0) is 14.3 Å². The van der Waals surface area contributed by atoms with Crippen LogP contribution in [-0.4, -0.2) is 33.9 Å². The number of hydrogen-bond donors (Lipinski definition) is 1. The highest BCUT2D eigenvalue weighted by atomic mass is 32.2. The number of hydrogen-bond acceptors (Lipinski definition) is 7. The van der Waals surface area contributed by atoms with E-state index < -0.39 is 0 Å². The summed E-state index contributed by atoms with van der Waals surface area (Å²) in [6.45, 7) is 6.47. The normalized spacial score (nSPS) is 23.7. The van der Waals surface area contributed by atoms with Crippen LogP contribution in [0.25, 0.3) is 0 Å². The highest BCUT2D eigenvalue weighted by molar-refractivity contribution is 8.01. The van der Waals surface area contributed by atoms with Crippen LogP contribution >= 0.6 is 23.1 Å². The molecule has 3 atom stereocenters. The SMILES string of the molecule is CCSc1nnc(NC(=O)CCC(=O)O[C@@H]2CC[C@H](C)[C@H](C)C2)s1. The summed E-state index contributed by atoms with van der Waals surface area (Å²) >= 11 is 2.92. The standard InChI is InChI=1S/C16H25N3O3S2/c1-4-23-16-19-18-15(24-16)17-13(20)7-8-14(21)22-12-6-5-10(2)11(3)9-12/h10-12H,4-9H2,1-3H3,(H,17,18,20)/t10-,11+,12+/m0/s1. The van der Waals surface area contributed by atoms with E-state index in [1.165, 1.54) is 11.3 Å². The van der Waals surface area contributed by atoms with Gasteiger partial charge < -0.3 is 10.1 Å². The van der Waals surface area contributed by atoms with Gasteiger partial charge in [-0.05, 0) is 36.9 Å². The fourth-order valence-corrected chi connectivity index (χ4v) is 4.35. The number of carbonyl (C=O) groups excluding carboxylic acids is 2. The number of esters is 1. The molecule has 0 aromatic carbocycles. The summed E-state index contributed by atoms with van der Waals surface area (Å²) < 4.78 is 6.33. The van der Waals surface area contributed by atoms with Gasteiger partial charge in [-0.3, -0.25) is 9.59 Å². The van der Waals surface area contributed by atoms with Gasteiger partial charge in [0.05, 0.1) is 6.42 Å². The molecule has 2 rings (SSSR count). The molecular formula is C16H25N3O3S2. The van der Waals surface area contributed by atoms with Crippen LogP contribution < -0.4 is 5.32 Å². The van der Waals surface area contributed by atoms with Crippen molar-refractivity contribution >= 4 is 40.1 Å². The molecule has 0 radical (unpaired) electrons. The summed E-state index contributed by atoms with van der Waals surface area (Å²) in [7, 11) is 0. The quantitative estimate of drug-likeness (QED) is 0.447. The lowest BCUT2D eigenvalue weighted by Crippen LogP contribution is -2.29. The van der Waals surface area contributed by atoms with Gasteiger partial charge in [0.25, 0.3) is 0 Å². The van der Waals surface area contributed by atoms with Crippen LogP contribution in [0, 0.1) is 11.8 Å². The van der Waals surface area contributed by atoms with Crippen molar-refractivity contribution in [1.82, 2.24) is 10.2 Å². The van der Waals surface area contributed by atoms with Crippen molar-refractivity contribution in [2.24, 2.45) is 11.8 Å². The third kappa shape index (κ3) is 6.05. The minimum absolute atomic E-state index is 0.00329. The fourth-order valence-electron chi connectivity index (χ4n) is 2.69. The summed E-state index contributed by atoms with van der Waals surface area (Å²) in [6, 6.07) is 0. The molecule has 134 valence electrons. The fraction of sp³-hybridized carbons (Fsp3) is 0.750. The van der Waals surface area contributed by atoms with Gasteiger partial charge >= 0.3 is 5.97 Å². The molecule has 1 aliphatic carbocycles. The smallest absolute Gasteiger partial charge is 0.306 e. The first-order valence-corrected chi connectivity index (χ1v) is 10.2. The summed E-state index contributed by atoms with van der Waals surface area (Å²) in [5.74, 6) is 1.64. The van der Waals surface area contributed by atoms with E-state index in [2.05, 4.69) is 29.4 Å². The first kappa shape index (κ1) is 19.2. The minimum atomic E-state index is -0.295. The number of ether oxygens (including phenoxy) is 1. The summed E-state index contributed by atoms with van der Waals surface area (Å²) in [5.41, 5.74) is 0. The van der Waals surface area contributed by atoms with Gasteiger partial charge in [-0.25, -0.2) is 0 Å². The van der Waals surface area contributed by atoms with Crippen molar-refractivity contribution in [1.29, 1.82) is 0 Å². The largest absolute Gasteiger partial charge is 0.462 e. The van der Waals surface area contributed by atoms with Gasteiger partial charge in [-0.15, -0.1) is 10.2 Å². The first-order valence-electron chi connectivity index (χ1n) is 8.43. The zero-order chi connectivity index (χ0) is 17.5. The molecule has 1 fully saturated rings. The van der Waals surface area contributed by atoms with Crippen LogP contribution in [0.4, 0.5) is 5.13 Å². The molecule has 1 aromatic rings. The van der Waals surface area contributed by atoms with Crippen molar-refractivity contribution in [3.63, 3.8) is 0 Å². The maximum absolute atomic E-state index is 11.9. The van der Waals surface area contributed by atoms with Gasteiger partial charge in [0.15, 0.2) is 4.34 Å². The number of carbonyl (C=O) groups is 2. The van der Waals surface area contributed by atoms with Gasteiger partial charge in [-0.2, -0.15) is 0 Å². The Bertz CT molecular complexity index is 565. The second-order valence-electron chi connectivity index (χ2n) is 6.23. The van der Waals surface area contributed by atoms with E-state index in [0.717, 1.165) is 29.4 Å². The monoisotopic (exact) mass is 371 g/mol. The Balaban J connectivity index is 1.68. The lowest BCUT2D eigenvalue weighted by Gasteiger charge is -2.31. The number of thioether (sulfide) groups is 1. The molecule has 0 bridgehead atoms. The Morgan fingerprint density at radius 2 is 2.04 bits per heavy atom. The first-order chi connectivity index (χ1) is 11.5. The van der Waals surface area contributed by atoms with Crippen LogP contribution in [0.2, 0.25) is 0 Å². The molecule has 1 aliphatic rings.